The average Bonchev–Trinajstić information content (AvgIpc) is 2.29. The third-order valence-corrected chi connectivity index (χ3v) is 4.54. The van der Waals surface area contributed by atoms with Crippen molar-refractivity contribution in [3.05, 3.63) is 23.5 Å². The van der Waals surface area contributed by atoms with Crippen LogP contribution < -0.4 is 4.72 Å². The summed E-state index contributed by atoms with van der Waals surface area (Å²) in [4.78, 5) is 3.72. The number of sulfonamides is 1. The van der Waals surface area contributed by atoms with Crippen molar-refractivity contribution < 1.29 is 8.42 Å². The molecular weight excluding hydrogens is 280 g/mol. The van der Waals surface area contributed by atoms with Gasteiger partial charge in [0, 0.05) is 24.7 Å². The third kappa shape index (κ3) is 4.56. The second-order valence-corrected chi connectivity index (χ2v) is 6.21. The predicted molar refractivity (Wildman–Crippen MR) is 70.6 cm³/mol. The van der Waals surface area contributed by atoms with Crippen LogP contribution in [0.1, 0.15) is 0 Å². The maximum atomic E-state index is 11.8. The van der Waals surface area contributed by atoms with Gasteiger partial charge in [-0.25, -0.2) is 13.1 Å². The van der Waals surface area contributed by atoms with Crippen LogP contribution in [-0.4, -0.2) is 31.5 Å². The Hall–Kier alpha value is -0.740. The second-order valence-electron chi connectivity index (χ2n) is 2.96. The molecule has 92 valence electrons. The molecular formula is C10H11ClN2O2S2. The fourth-order valence-corrected chi connectivity index (χ4v) is 3.12. The molecule has 1 N–H and O–H groups in total. The van der Waals surface area contributed by atoms with E-state index < -0.39 is 10.0 Å². The minimum atomic E-state index is -3.59. The quantitative estimate of drug-likeness (QED) is 0.635. The van der Waals surface area contributed by atoms with Crippen molar-refractivity contribution in [1.82, 2.24) is 9.71 Å². The van der Waals surface area contributed by atoms with Gasteiger partial charge in [0.25, 0.3) is 0 Å². The monoisotopic (exact) mass is 290 g/mol. The molecule has 0 unspecified atom stereocenters. The molecule has 0 radical (unpaired) electrons. The van der Waals surface area contributed by atoms with Crippen molar-refractivity contribution in [3.8, 4) is 12.3 Å². The van der Waals surface area contributed by atoms with Crippen LogP contribution in [0.25, 0.3) is 0 Å². The molecule has 0 saturated carbocycles. The molecule has 1 aromatic heterocycles. The van der Waals surface area contributed by atoms with Gasteiger partial charge in [-0.05, 0) is 6.07 Å². The van der Waals surface area contributed by atoms with Gasteiger partial charge in [0.1, 0.15) is 4.90 Å². The lowest BCUT2D eigenvalue weighted by Crippen LogP contribution is -2.26. The van der Waals surface area contributed by atoms with E-state index in [2.05, 4.69) is 15.6 Å². The van der Waals surface area contributed by atoms with E-state index in [1.807, 2.05) is 0 Å². The Bertz CT molecular complexity index is 511. The molecule has 1 rings (SSSR count). The summed E-state index contributed by atoms with van der Waals surface area (Å²) in [6.45, 7) is 0.305. The summed E-state index contributed by atoms with van der Waals surface area (Å²) in [5, 5.41) is 0.156. The van der Waals surface area contributed by atoms with Crippen molar-refractivity contribution in [2.24, 2.45) is 0 Å². The first-order valence-corrected chi connectivity index (χ1v) is 7.70. The lowest BCUT2D eigenvalue weighted by Gasteiger charge is -2.06. The van der Waals surface area contributed by atoms with Crippen molar-refractivity contribution in [2.75, 3.05) is 18.1 Å². The Labute approximate surface area is 110 Å². The van der Waals surface area contributed by atoms with E-state index in [4.69, 9.17) is 18.0 Å². The van der Waals surface area contributed by atoms with E-state index in [1.54, 1.807) is 0 Å². The molecule has 0 fully saturated rings. The molecule has 7 heteroatoms. The lowest BCUT2D eigenvalue weighted by molar-refractivity contribution is 0.584. The molecule has 17 heavy (non-hydrogen) atoms. The number of nitrogens with one attached hydrogen (secondary N) is 1. The summed E-state index contributed by atoms with van der Waals surface area (Å²) < 4.78 is 26.0. The fraction of sp³-hybridized carbons (Fsp3) is 0.300. The van der Waals surface area contributed by atoms with E-state index in [0.29, 0.717) is 18.1 Å². The van der Waals surface area contributed by atoms with Gasteiger partial charge in [-0.2, -0.15) is 0 Å². The highest BCUT2D eigenvalue weighted by Gasteiger charge is 2.16. The summed E-state index contributed by atoms with van der Waals surface area (Å²) in [5.74, 6) is 3.64. The van der Waals surface area contributed by atoms with Crippen LogP contribution in [0.3, 0.4) is 0 Å². The minimum Gasteiger partial charge on any atom is -0.263 e. The molecule has 0 aromatic carbocycles. The van der Waals surface area contributed by atoms with Crippen molar-refractivity contribution >= 4 is 33.4 Å². The first-order chi connectivity index (χ1) is 8.08. The Balaban J connectivity index is 2.59. The number of terminal acetylenes is 1. The summed E-state index contributed by atoms with van der Waals surface area (Å²) >= 11 is 7.26. The molecule has 0 spiro atoms. The van der Waals surface area contributed by atoms with E-state index in [1.165, 1.54) is 30.2 Å². The zero-order valence-electron chi connectivity index (χ0n) is 8.89. The molecule has 0 saturated heterocycles. The summed E-state index contributed by atoms with van der Waals surface area (Å²) in [6.07, 6.45) is 7.73. The highest BCUT2D eigenvalue weighted by Crippen LogP contribution is 2.18. The van der Waals surface area contributed by atoms with E-state index in [-0.39, 0.29) is 9.92 Å². The van der Waals surface area contributed by atoms with Gasteiger partial charge in [0.15, 0.2) is 0 Å². The van der Waals surface area contributed by atoms with Crippen LogP contribution in [0.4, 0.5) is 0 Å². The highest BCUT2D eigenvalue weighted by atomic mass is 35.5. The molecule has 0 aliphatic heterocycles. The van der Waals surface area contributed by atoms with Gasteiger partial charge < -0.3 is 0 Å². The van der Waals surface area contributed by atoms with Crippen LogP contribution in [0, 0.1) is 12.3 Å². The molecule has 0 atom stereocenters. The van der Waals surface area contributed by atoms with Crippen LogP contribution in [-0.2, 0) is 10.0 Å². The Kier molecular flexibility index (Phi) is 5.78. The summed E-state index contributed by atoms with van der Waals surface area (Å²) in [7, 11) is -3.59. The average molecular weight is 291 g/mol. The van der Waals surface area contributed by atoms with Crippen LogP contribution in [0.5, 0.6) is 0 Å². The molecule has 1 aromatic rings. The molecule has 0 aliphatic carbocycles. The molecule has 0 aliphatic rings. The number of rotatable bonds is 6. The smallest absolute Gasteiger partial charge is 0.243 e. The first-order valence-electron chi connectivity index (χ1n) is 4.68. The normalized spacial score (nSPS) is 11.1. The van der Waals surface area contributed by atoms with E-state index >= 15 is 0 Å². The molecule has 0 bridgehead atoms. The molecule has 0 amide bonds. The molecule has 4 nitrogen and oxygen atoms in total. The van der Waals surface area contributed by atoms with Gasteiger partial charge in [-0.3, -0.25) is 4.98 Å². The third-order valence-electron chi connectivity index (χ3n) is 1.75. The van der Waals surface area contributed by atoms with E-state index in [9.17, 15) is 8.42 Å². The number of hydrogen-bond donors (Lipinski definition) is 1. The number of hydrogen-bond acceptors (Lipinski definition) is 4. The number of halogens is 1. The topological polar surface area (TPSA) is 59.1 Å². The number of aromatic nitrogens is 1. The Morgan fingerprint density at radius 1 is 1.59 bits per heavy atom. The van der Waals surface area contributed by atoms with Gasteiger partial charge in [0.05, 0.1) is 10.8 Å². The fourth-order valence-electron chi connectivity index (χ4n) is 1.02. The van der Waals surface area contributed by atoms with Gasteiger partial charge in [-0.15, -0.1) is 18.2 Å². The zero-order chi connectivity index (χ0) is 12.7. The maximum absolute atomic E-state index is 11.8. The SMILES string of the molecule is C#CCSCCNS(=O)(=O)c1cnccc1Cl. The highest BCUT2D eigenvalue weighted by molar-refractivity contribution is 7.99. The minimum absolute atomic E-state index is 0.0105. The maximum Gasteiger partial charge on any atom is 0.243 e. The van der Waals surface area contributed by atoms with Crippen LogP contribution in [0.2, 0.25) is 5.02 Å². The predicted octanol–water partition coefficient (Wildman–Crippen LogP) is 1.38. The zero-order valence-corrected chi connectivity index (χ0v) is 11.3. The standard InChI is InChI=1S/C10H11ClN2O2S2/c1-2-6-16-7-5-13-17(14,15)10-8-12-4-3-9(10)11/h1,3-4,8,13H,5-7H2. The van der Waals surface area contributed by atoms with Crippen molar-refractivity contribution in [1.29, 1.82) is 0 Å². The van der Waals surface area contributed by atoms with Crippen molar-refractivity contribution in [2.45, 2.75) is 4.90 Å². The first kappa shape index (κ1) is 14.3. The van der Waals surface area contributed by atoms with Crippen LogP contribution >= 0.6 is 23.4 Å². The van der Waals surface area contributed by atoms with Gasteiger partial charge in [0.2, 0.25) is 10.0 Å². The number of thioether (sulfide) groups is 1. The largest absolute Gasteiger partial charge is 0.263 e. The van der Waals surface area contributed by atoms with Gasteiger partial charge >= 0.3 is 0 Å². The summed E-state index contributed by atoms with van der Waals surface area (Å²) in [6, 6.07) is 1.43. The van der Waals surface area contributed by atoms with Gasteiger partial charge in [-0.1, -0.05) is 17.5 Å². The van der Waals surface area contributed by atoms with E-state index in [0.717, 1.165) is 0 Å². The summed E-state index contributed by atoms with van der Waals surface area (Å²) in [5.41, 5.74) is 0. The Morgan fingerprint density at radius 2 is 2.35 bits per heavy atom. The van der Waals surface area contributed by atoms with Crippen molar-refractivity contribution in [3.63, 3.8) is 0 Å². The number of pyridine rings is 1. The van der Waals surface area contributed by atoms with Crippen LogP contribution in [0.15, 0.2) is 23.4 Å². The Morgan fingerprint density at radius 3 is 3.00 bits per heavy atom. The molecule has 1 heterocycles. The second kappa shape index (κ2) is 6.87. The number of nitrogens with zero attached hydrogens (tertiary/aromatic N) is 1. The lowest BCUT2D eigenvalue weighted by atomic mass is 10.5.